The van der Waals surface area contributed by atoms with Crippen LogP contribution in [0.15, 0.2) is 0 Å². The monoisotopic (exact) mass is 341 g/mol. The third-order valence-electron chi connectivity index (χ3n) is 3.44. The SMILES string of the molecule is CC(C)O[Si](C)(C)CC(N[S@](=O)C(C)(C)C)C1CC1(F)F. The molecule has 0 amide bonds. The van der Waals surface area contributed by atoms with Gasteiger partial charge in [0.15, 0.2) is 8.32 Å². The van der Waals surface area contributed by atoms with Crippen LogP contribution in [0.4, 0.5) is 8.78 Å². The Hall–Kier alpha value is 0.147. The van der Waals surface area contributed by atoms with E-state index >= 15 is 0 Å². The predicted molar refractivity (Wildman–Crippen MR) is 86.4 cm³/mol. The minimum atomic E-state index is -2.62. The molecule has 0 aliphatic heterocycles. The van der Waals surface area contributed by atoms with Gasteiger partial charge < -0.3 is 4.43 Å². The summed E-state index contributed by atoms with van der Waals surface area (Å²) in [4.78, 5) is 0. The Morgan fingerprint density at radius 3 is 2.19 bits per heavy atom. The molecule has 21 heavy (non-hydrogen) atoms. The molecule has 3 atom stereocenters. The fraction of sp³-hybridized carbons (Fsp3) is 1.00. The van der Waals surface area contributed by atoms with Crippen LogP contribution in [0, 0.1) is 5.92 Å². The van der Waals surface area contributed by atoms with Crippen molar-refractivity contribution in [3.63, 3.8) is 0 Å². The lowest BCUT2D eigenvalue weighted by Gasteiger charge is -2.31. The van der Waals surface area contributed by atoms with Crippen LogP contribution in [0.1, 0.15) is 41.0 Å². The first-order valence-corrected chi connectivity index (χ1v) is 11.7. The van der Waals surface area contributed by atoms with Gasteiger partial charge in [-0.25, -0.2) is 17.7 Å². The zero-order valence-corrected chi connectivity index (χ0v) is 15.9. The highest BCUT2D eigenvalue weighted by molar-refractivity contribution is 7.84. The van der Waals surface area contributed by atoms with Gasteiger partial charge in [-0.2, -0.15) is 0 Å². The van der Waals surface area contributed by atoms with Crippen LogP contribution >= 0.6 is 0 Å². The Kier molecular flexibility index (Phi) is 5.79. The minimum Gasteiger partial charge on any atom is -0.415 e. The summed E-state index contributed by atoms with van der Waals surface area (Å²) in [5.41, 5.74) is 0. The predicted octanol–water partition coefficient (Wildman–Crippen LogP) is 3.69. The largest absolute Gasteiger partial charge is 0.415 e. The van der Waals surface area contributed by atoms with Crippen LogP contribution in [0.25, 0.3) is 0 Å². The van der Waals surface area contributed by atoms with Gasteiger partial charge in [-0.1, -0.05) is 0 Å². The van der Waals surface area contributed by atoms with Crippen LogP contribution in [0.3, 0.4) is 0 Å². The first kappa shape index (κ1) is 19.2. The third-order valence-corrected chi connectivity index (χ3v) is 7.60. The van der Waals surface area contributed by atoms with E-state index in [-0.39, 0.29) is 12.5 Å². The lowest BCUT2D eigenvalue weighted by Crippen LogP contribution is -2.47. The van der Waals surface area contributed by atoms with Gasteiger partial charge in [0.2, 0.25) is 0 Å². The van der Waals surface area contributed by atoms with Gasteiger partial charge in [-0.05, 0) is 53.8 Å². The van der Waals surface area contributed by atoms with Gasteiger partial charge in [-0.15, -0.1) is 0 Å². The number of hydrogen-bond donors (Lipinski definition) is 1. The third kappa shape index (κ3) is 6.04. The van der Waals surface area contributed by atoms with E-state index in [1.54, 1.807) is 0 Å². The molecule has 0 spiro atoms. The molecule has 126 valence electrons. The van der Waals surface area contributed by atoms with Crippen molar-refractivity contribution < 1.29 is 17.4 Å². The summed E-state index contributed by atoms with van der Waals surface area (Å²) in [5.74, 6) is -3.34. The van der Waals surface area contributed by atoms with Crippen LogP contribution in [-0.2, 0) is 15.4 Å². The summed E-state index contributed by atoms with van der Waals surface area (Å²) in [6, 6.07) is 0.105. The standard InChI is InChI=1S/C14H29F2NO2SSi/c1-10(2)19-21(6,7)9-12(11-8-14(11,15)16)17-20(18)13(3,4)5/h10-12,17H,8-9H2,1-7H3/t11?,12?,20-/m1/s1. The summed E-state index contributed by atoms with van der Waals surface area (Å²) in [6.45, 7) is 13.5. The molecule has 0 saturated heterocycles. The second-order valence-electron chi connectivity index (χ2n) is 7.81. The van der Waals surface area contributed by atoms with Crippen molar-refractivity contribution in [3.8, 4) is 0 Å². The molecule has 1 aliphatic carbocycles. The summed E-state index contributed by atoms with van der Waals surface area (Å²) >= 11 is 0. The maximum absolute atomic E-state index is 13.5. The first-order valence-electron chi connectivity index (χ1n) is 7.48. The molecular weight excluding hydrogens is 312 g/mol. The average molecular weight is 342 g/mol. The summed E-state index contributed by atoms with van der Waals surface area (Å²) in [5, 5.41) is 0. The van der Waals surface area contributed by atoms with E-state index in [0.29, 0.717) is 6.04 Å². The van der Waals surface area contributed by atoms with Crippen molar-refractivity contribution >= 4 is 19.3 Å². The summed E-state index contributed by atoms with van der Waals surface area (Å²) in [7, 11) is -3.42. The zero-order chi connectivity index (χ0) is 16.6. The van der Waals surface area contributed by atoms with E-state index in [0.717, 1.165) is 0 Å². The highest BCUT2D eigenvalue weighted by Gasteiger charge is 2.61. The maximum atomic E-state index is 13.5. The molecule has 1 rings (SSSR count). The molecular formula is C14H29F2NO2SSi. The quantitative estimate of drug-likeness (QED) is 0.717. The van der Waals surface area contributed by atoms with Gasteiger partial charge in [0.05, 0.1) is 15.7 Å². The second kappa shape index (κ2) is 6.33. The lowest BCUT2D eigenvalue weighted by molar-refractivity contribution is 0.0927. The smallest absolute Gasteiger partial charge is 0.253 e. The highest BCUT2D eigenvalue weighted by atomic mass is 32.2. The molecule has 0 aromatic rings. The maximum Gasteiger partial charge on any atom is 0.253 e. The van der Waals surface area contributed by atoms with Gasteiger partial charge in [0.25, 0.3) is 5.92 Å². The topological polar surface area (TPSA) is 38.3 Å². The van der Waals surface area contributed by atoms with Gasteiger partial charge >= 0.3 is 0 Å². The molecule has 0 bridgehead atoms. The molecule has 1 saturated carbocycles. The molecule has 3 nitrogen and oxygen atoms in total. The highest BCUT2D eigenvalue weighted by Crippen LogP contribution is 2.52. The Balaban J connectivity index is 2.78. The molecule has 7 heteroatoms. The lowest BCUT2D eigenvalue weighted by atomic mass is 10.2. The molecule has 0 aromatic carbocycles. The molecule has 1 aliphatic rings. The molecule has 1 fully saturated rings. The van der Waals surface area contributed by atoms with E-state index in [9.17, 15) is 13.0 Å². The Bertz CT molecular complexity index is 397. The fourth-order valence-electron chi connectivity index (χ4n) is 2.47. The van der Waals surface area contributed by atoms with Gasteiger partial charge in [0, 0.05) is 24.5 Å². The van der Waals surface area contributed by atoms with E-state index in [1.807, 2.05) is 47.7 Å². The van der Waals surface area contributed by atoms with E-state index in [2.05, 4.69) is 4.72 Å². The Labute approximate surface area is 130 Å². The van der Waals surface area contributed by atoms with Crippen molar-refractivity contribution in [1.82, 2.24) is 4.72 Å². The fourth-order valence-corrected chi connectivity index (χ4v) is 6.31. The second-order valence-corrected chi connectivity index (χ2v) is 14.0. The van der Waals surface area contributed by atoms with Crippen molar-refractivity contribution in [2.75, 3.05) is 0 Å². The summed E-state index contributed by atoms with van der Waals surface area (Å²) in [6.07, 6.45) is -0.0295. The Morgan fingerprint density at radius 1 is 1.38 bits per heavy atom. The van der Waals surface area contributed by atoms with Crippen LogP contribution < -0.4 is 4.72 Å². The first-order chi connectivity index (χ1) is 9.24. The van der Waals surface area contributed by atoms with Crippen molar-refractivity contribution in [2.24, 2.45) is 5.92 Å². The number of hydrogen-bond acceptors (Lipinski definition) is 2. The normalized spacial score (nSPS) is 25.0. The van der Waals surface area contributed by atoms with Crippen LogP contribution in [-0.4, -0.2) is 35.3 Å². The van der Waals surface area contributed by atoms with E-state index in [1.165, 1.54) is 0 Å². The van der Waals surface area contributed by atoms with Crippen molar-refractivity contribution in [3.05, 3.63) is 0 Å². The van der Waals surface area contributed by atoms with Crippen LogP contribution in [0.5, 0.6) is 0 Å². The van der Waals surface area contributed by atoms with Gasteiger partial charge in [-0.3, -0.25) is 0 Å². The molecule has 0 heterocycles. The number of rotatable bonds is 7. The molecule has 0 radical (unpaired) electrons. The van der Waals surface area contributed by atoms with Gasteiger partial charge in [0.1, 0.15) is 0 Å². The van der Waals surface area contributed by atoms with Crippen molar-refractivity contribution in [2.45, 2.75) is 83.0 Å². The number of halogens is 2. The minimum absolute atomic E-state index is 0.0835. The molecule has 1 N–H and O–H groups in total. The van der Waals surface area contributed by atoms with E-state index < -0.39 is 41.9 Å². The Morgan fingerprint density at radius 2 is 1.86 bits per heavy atom. The van der Waals surface area contributed by atoms with Crippen LogP contribution in [0.2, 0.25) is 19.1 Å². The zero-order valence-electron chi connectivity index (χ0n) is 14.1. The number of alkyl halides is 2. The van der Waals surface area contributed by atoms with Crippen molar-refractivity contribution in [1.29, 1.82) is 0 Å². The van der Waals surface area contributed by atoms with E-state index in [4.69, 9.17) is 4.43 Å². The average Bonchev–Trinajstić information content (AvgIpc) is 2.82. The molecule has 0 aromatic heterocycles. The summed E-state index contributed by atoms with van der Waals surface area (Å²) < 4.78 is 47.6. The molecule has 2 unspecified atom stereocenters. The number of nitrogens with one attached hydrogen (secondary N) is 1.